The normalized spacial score (nSPS) is 18.0. The Kier molecular flexibility index (Phi) is 3.87. The molecule has 106 valence electrons. The van der Waals surface area contributed by atoms with Crippen LogP contribution >= 0.6 is 0 Å². The molecular weight excluding hydrogens is 260 g/mol. The number of aryl methyl sites for hydroxylation is 1. The van der Waals surface area contributed by atoms with Gasteiger partial charge >= 0.3 is 0 Å². The van der Waals surface area contributed by atoms with Gasteiger partial charge in [0, 0.05) is 12.2 Å². The van der Waals surface area contributed by atoms with Gasteiger partial charge in [-0.3, -0.25) is 0 Å². The zero-order valence-electron chi connectivity index (χ0n) is 11.6. The molecule has 1 aliphatic carbocycles. The number of rotatable bonds is 5. The van der Waals surface area contributed by atoms with Gasteiger partial charge in [-0.05, 0) is 55.4 Å². The first-order valence-electron chi connectivity index (χ1n) is 6.74. The van der Waals surface area contributed by atoms with Crippen LogP contribution in [-0.4, -0.2) is 15.0 Å². The molecule has 19 heavy (non-hydrogen) atoms. The summed E-state index contributed by atoms with van der Waals surface area (Å²) in [6.07, 6.45) is 4.45. The molecule has 0 amide bonds. The minimum Gasteiger partial charge on any atom is -0.399 e. The summed E-state index contributed by atoms with van der Waals surface area (Å²) in [5.41, 5.74) is 7.21. The van der Waals surface area contributed by atoms with Crippen molar-refractivity contribution in [1.29, 1.82) is 0 Å². The molecule has 0 saturated heterocycles. The fourth-order valence-electron chi connectivity index (χ4n) is 2.60. The Bertz CT molecular complexity index is 537. The topological polar surface area (TPSA) is 72.2 Å². The molecule has 1 aromatic carbocycles. The number of hydrogen-bond acceptors (Lipinski definition) is 3. The van der Waals surface area contributed by atoms with Crippen LogP contribution in [0.1, 0.15) is 38.2 Å². The van der Waals surface area contributed by atoms with Crippen LogP contribution in [0.5, 0.6) is 0 Å². The van der Waals surface area contributed by atoms with E-state index in [0.29, 0.717) is 12.2 Å². The van der Waals surface area contributed by atoms with Crippen molar-refractivity contribution in [2.75, 3.05) is 12.3 Å². The zero-order chi connectivity index (χ0) is 14.1. The van der Waals surface area contributed by atoms with Crippen LogP contribution in [0, 0.1) is 12.3 Å². The quantitative estimate of drug-likeness (QED) is 0.815. The highest BCUT2D eigenvalue weighted by Gasteiger charge is 2.36. The Labute approximate surface area is 115 Å². The average molecular weight is 282 g/mol. The van der Waals surface area contributed by atoms with Crippen molar-refractivity contribution in [3.63, 3.8) is 0 Å². The minimum atomic E-state index is -3.45. The molecule has 0 bridgehead atoms. The lowest BCUT2D eigenvalue weighted by molar-refractivity contribution is 0.133. The summed E-state index contributed by atoms with van der Waals surface area (Å²) in [4.78, 5) is 0.260. The Morgan fingerprint density at radius 1 is 1.32 bits per heavy atom. The first kappa shape index (κ1) is 14.3. The van der Waals surface area contributed by atoms with Gasteiger partial charge in [0.2, 0.25) is 10.0 Å². The number of nitrogens with two attached hydrogens (primary N) is 1. The zero-order valence-corrected chi connectivity index (χ0v) is 12.4. The summed E-state index contributed by atoms with van der Waals surface area (Å²) in [6, 6.07) is 4.92. The maximum Gasteiger partial charge on any atom is 0.240 e. The van der Waals surface area contributed by atoms with Gasteiger partial charge in [-0.2, -0.15) is 0 Å². The van der Waals surface area contributed by atoms with E-state index in [1.165, 1.54) is 12.5 Å². The van der Waals surface area contributed by atoms with Crippen molar-refractivity contribution in [2.45, 2.75) is 44.4 Å². The van der Waals surface area contributed by atoms with Gasteiger partial charge < -0.3 is 5.73 Å². The van der Waals surface area contributed by atoms with E-state index in [9.17, 15) is 8.42 Å². The predicted molar refractivity (Wildman–Crippen MR) is 77.4 cm³/mol. The van der Waals surface area contributed by atoms with Crippen molar-refractivity contribution in [1.82, 2.24) is 4.72 Å². The summed E-state index contributed by atoms with van der Waals surface area (Å²) in [7, 11) is -3.45. The fraction of sp³-hybridized carbons (Fsp3) is 0.571. The number of benzene rings is 1. The highest BCUT2D eigenvalue weighted by atomic mass is 32.2. The lowest BCUT2D eigenvalue weighted by Gasteiger charge is -2.41. The van der Waals surface area contributed by atoms with Crippen molar-refractivity contribution >= 4 is 15.7 Å². The maximum absolute atomic E-state index is 12.3. The number of anilines is 1. The maximum atomic E-state index is 12.3. The fourth-order valence-corrected chi connectivity index (χ4v) is 3.89. The first-order valence-corrected chi connectivity index (χ1v) is 8.22. The Morgan fingerprint density at radius 3 is 2.47 bits per heavy atom. The third-order valence-corrected chi connectivity index (χ3v) is 5.57. The van der Waals surface area contributed by atoms with Gasteiger partial charge in [0.15, 0.2) is 0 Å². The number of sulfonamides is 1. The van der Waals surface area contributed by atoms with Crippen LogP contribution in [0.2, 0.25) is 0 Å². The smallest absolute Gasteiger partial charge is 0.240 e. The highest BCUT2D eigenvalue weighted by Crippen LogP contribution is 2.43. The van der Waals surface area contributed by atoms with Gasteiger partial charge in [-0.1, -0.05) is 13.3 Å². The summed E-state index contributed by atoms with van der Waals surface area (Å²) in [6.45, 7) is 4.49. The monoisotopic (exact) mass is 282 g/mol. The minimum absolute atomic E-state index is 0.169. The van der Waals surface area contributed by atoms with E-state index >= 15 is 0 Å². The predicted octanol–water partition coefficient (Wildman–Crippen LogP) is 2.44. The molecular formula is C14H22N2O2S. The van der Waals surface area contributed by atoms with Crippen LogP contribution in [0.3, 0.4) is 0 Å². The molecule has 1 aliphatic rings. The second kappa shape index (κ2) is 5.13. The van der Waals surface area contributed by atoms with Crippen molar-refractivity contribution < 1.29 is 8.42 Å². The van der Waals surface area contributed by atoms with Gasteiger partial charge in [0.25, 0.3) is 0 Å². The van der Waals surface area contributed by atoms with E-state index in [0.717, 1.165) is 24.8 Å². The van der Waals surface area contributed by atoms with E-state index in [-0.39, 0.29) is 10.3 Å². The number of nitrogens with one attached hydrogen (secondary N) is 1. The third kappa shape index (κ3) is 3.09. The van der Waals surface area contributed by atoms with E-state index in [1.54, 1.807) is 12.1 Å². The molecule has 0 atom stereocenters. The summed E-state index contributed by atoms with van der Waals surface area (Å²) in [5, 5.41) is 0. The summed E-state index contributed by atoms with van der Waals surface area (Å²) >= 11 is 0. The van der Waals surface area contributed by atoms with Crippen molar-refractivity contribution in [2.24, 2.45) is 5.41 Å². The first-order chi connectivity index (χ1) is 8.87. The van der Waals surface area contributed by atoms with Crippen molar-refractivity contribution in [3.05, 3.63) is 23.8 Å². The molecule has 0 aliphatic heterocycles. The van der Waals surface area contributed by atoms with E-state index in [1.807, 2.05) is 6.92 Å². The van der Waals surface area contributed by atoms with Gasteiger partial charge in [-0.15, -0.1) is 0 Å². The standard InChI is InChI=1S/C14H22N2O2S/c1-3-14(5-4-6-14)10-16-19(17,18)13-8-11(2)7-12(15)9-13/h7-9,16H,3-6,10,15H2,1-2H3. The van der Waals surface area contributed by atoms with Gasteiger partial charge in [0.1, 0.15) is 0 Å². The molecule has 0 spiro atoms. The largest absolute Gasteiger partial charge is 0.399 e. The molecule has 1 fully saturated rings. The van der Waals surface area contributed by atoms with Gasteiger partial charge in [-0.25, -0.2) is 13.1 Å². The molecule has 1 aromatic rings. The molecule has 1 saturated carbocycles. The summed E-state index contributed by atoms with van der Waals surface area (Å²) < 4.78 is 27.3. The number of nitrogen functional groups attached to an aromatic ring is 1. The molecule has 0 radical (unpaired) electrons. The van der Waals surface area contributed by atoms with E-state index in [4.69, 9.17) is 5.73 Å². The van der Waals surface area contributed by atoms with Crippen LogP contribution in [0.25, 0.3) is 0 Å². The summed E-state index contributed by atoms with van der Waals surface area (Å²) in [5.74, 6) is 0. The SMILES string of the molecule is CCC1(CNS(=O)(=O)c2cc(C)cc(N)c2)CCC1. The van der Waals surface area contributed by atoms with Crippen LogP contribution in [-0.2, 0) is 10.0 Å². The van der Waals surface area contributed by atoms with Crippen LogP contribution < -0.4 is 10.5 Å². The Balaban J connectivity index is 2.14. The lowest BCUT2D eigenvalue weighted by Crippen LogP contribution is -2.41. The second-order valence-corrected chi connectivity index (χ2v) is 7.38. The highest BCUT2D eigenvalue weighted by molar-refractivity contribution is 7.89. The molecule has 0 aromatic heterocycles. The van der Waals surface area contributed by atoms with Crippen LogP contribution in [0.15, 0.2) is 23.1 Å². The van der Waals surface area contributed by atoms with E-state index in [2.05, 4.69) is 11.6 Å². The Hall–Kier alpha value is -1.07. The van der Waals surface area contributed by atoms with Crippen molar-refractivity contribution in [3.8, 4) is 0 Å². The van der Waals surface area contributed by atoms with Crippen LogP contribution in [0.4, 0.5) is 5.69 Å². The number of hydrogen-bond donors (Lipinski definition) is 2. The lowest BCUT2D eigenvalue weighted by atomic mass is 9.67. The third-order valence-electron chi connectivity index (χ3n) is 4.18. The second-order valence-electron chi connectivity index (χ2n) is 5.61. The van der Waals surface area contributed by atoms with E-state index < -0.39 is 10.0 Å². The molecule has 3 N–H and O–H groups in total. The molecule has 0 heterocycles. The Morgan fingerprint density at radius 2 is 2.00 bits per heavy atom. The van der Waals surface area contributed by atoms with Gasteiger partial charge in [0.05, 0.1) is 4.90 Å². The molecule has 5 heteroatoms. The molecule has 4 nitrogen and oxygen atoms in total. The molecule has 0 unspecified atom stereocenters. The molecule has 2 rings (SSSR count). The average Bonchev–Trinajstić information content (AvgIpc) is 2.26.